The molecule has 0 aliphatic heterocycles. The molecule has 0 aliphatic rings. The molecule has 5 heteroatoms. The smallest absolute Gasteiger partial charge is 0.307 e. The summed E-state index contributed by atoms with van der Waals surface area (Å²) in [5.41, 5.74) is 0.546. The van der Waals surface area contributed by atoms with Crippen LogP contribution < -0.4 is 10.1 Å². The second-order valence-corrected chi connectivity index (χ2v) is 4.12. The van der Waals surface area contributed by atoms with Crippen molar-refractivity contribution in [3.05, 3.63) is 29.6 Å². The molecule has 0 radical (unpaired) electrons. The fraction of sp³-hybridized carbons (Fsp3) is 0.500. The zero-order valence-corrected chi connectivity index (χ0v) is 11.5. The molecule has 0 saturated carbocycles. The Morgan fingerprint density at radius 3 is 2.79 bits per heavy atom. The van der Waals surface area contributed by atoms with Crippen LogP contribution in [0.4, 0.5) is 4.39 Å². The highest BCUT2D eigenvalue weighted by molar-refractivity contribution is 5.69. The van der Waals surface area contributed by atoms with Gasteiger partial charge in [-0.2, -0.15) is 0 Å². The lowest BCUT2D eigenvalue weighted by Gasteiger charge is -2.15. The predicted molar refractivity (Wildman–Crippen MR) is 70.6 cm³/mol. The van der Waals surface area contributed by atoms with Crippen molar-refractivity contribution in [2.75, 3.05) is 20.3 Å². The molecule has 0 spiro atoms. The monoisotopic (exact) mass is 269 g/mol. The number of hydrogen-bond donors (Lipinski definition) is 1. The van der Waals surface area contributed by atoms with Gasteiger partial charge in [0.25, 0.3) is 0 Å². The van der Waals surface area contributed by atoms with Gasteiger partial charge in [0, 0.05) is 24.2 Å². The molecule has 0 fully saturated rings. The summed E-state index contributed by atoms with van der Waals surface area (Å²) >= 11 is 0. The van der Waals surface area contributed by atoms with Gasteiger partial charge in [-0.1, -0.05) is 6.07 Å². The molecule has 1 N–H and O–H groups in total. The minimum atomic E-state index is -0.324. The highest BCUT2D eigenvalue weighted by Gasteiger charge is 2.12. The summed E-state index contributed by atoms with van der Waals surface area (Å²) in [7, 11) is 1.50. The third-order valence-corrected chi connectivity index (χ3v) is 2.76. The summed E-state index contributed by atoms with van der Waals surface area (Å²) in [6.45, 7) is 4.43. The number of halogens is 1. The molecular formula is C14H20FNO3. The number of nitrogens with one attached hydrogen (secondary N) is 1. The molecular weight excluding hydrogens is 249 g/mol. The molecule has 19 heavy (non-hydrogen) atoms. The molecule has 4 nitrogen and oxygen atoms in total. The molecule has 0 amide bonds. The van der Waals surface area contributed by atoms with Crippen LogP contribution in [0.25, 0.3) is 0 Å². The molecule has 0 saturated heterocycles. The van der Waals surface area contributed by atoms with Gasteiger partial charge in [0.2, 0.25) is 0 Å². The minimum Gasteiger partial charge on any atom is -0.497 e. The summed E-state index contributed by atoms with van der Waals surface area (Å²) in [6.07, 6.45) is 0.274. The summed E-state index contributed by atoms with van der Waals surface area (Å²) in [5.74, 6) is -0.0899. The van der Waals surface area contributed by atoms with Gasteiger partial charge >= 0.3 is 5.97 Å². The van der Waals surface area contributed by atoms with E-state index < -0.39 is 0 Å². The molecule has 1 rings (SSSR count). The molecule has 0 heterocycles. The van der Waals surface area contributed by atoms with E-state index in [9.17, 15) is 9.18 Å². The second-order valence-electron chi connectivity index (χ2n) is 4.12. The number of esters is 1. The average Bonchev–Trinajstić information content (AvgIpc) is 2.38. The van der Waals surface area contributed by atoms with E-state index in [0.717, 1.165) is 0 Å². The maximum atomic E-state index is 13.8. The quantitative estimate of drug-likeness (QED) is 0.772. The third-order valence-electron chi connectivity index (χ3n) is 2.76. The lowest BCUT2D eigenvalue weighted by Crippen LogP contribution is -2.23. The van der Waals surface area contributed by atoms with Gasteiger partial charge in [-0.15, -0.1) is 0 Å². The lowest BCUT2D eigenvalue weighted by atomic mass is 10.1. The maximum Gasteiger partial charge on any atom is 0.307 e. The largest absolute Gasteiger partial charge is 0.497 e. The van der Waals surface area contributed by atoms with Crippen LogP contribution in [0.5, 0.6) is 5.75 Å². The second kappa shape index (κ2) is 7.74. The first kappa shape index (κ1) is 15.4. The number of carbonyl (C=O) groups is 1. The summed E-state index contributed by atoms with van der Waals surface area (Å²) in [6, 6.07) is 4.55. The van der Waals surface area contributed by atoms with Crippen molar-refractivity contribution in [2.45, 2.75) is 26.3 Å². The summed E-state index contributed by atoms with van der Waals surface area (Å²) in [5, 5.41) is 3.08. The van der Waals surface area contributed by atoms with Gasteiger partial charge < -0.3 is 14.8 Å². The van der Waals surface area contributed by atoms with E-state index in [0.29, 0.717) is 24.5 Å². The van der Waals surface area contributed by atoms with Crippen molar-refractivity contribution >= 4 is 5.97 Å². The number of benzene rings is 1. The molecule has 0 aromatic heterocycles. The van der Waals surface area contributed by atoms with E-state index in [2.05, 4.69) is 5.32 Å². The molecule has 0 bridgehead atoms. The Kier molecular flexibility index (Phi) is 6.29. The molecule has 0 aliphatic carbocycles. The first-order valence-electron chi connectivity index (χ1n) is 6.31. The Morgan fingerprint density at radius 2 is 2.21 bits per heavy atom. The molecule has 1 aromatic rings. The van der Waals surface area contributed by atoms with Crippen LogP contribution in [0.15, 0.2) is 18.2 Å². The van der Waals surface area contributed by atoms with E-state index in [1.807, 2.05) is 6.92 Å². The van der Waals surface area contributed by atoms with Crippen LogP contribution in [0, 0.1) is 5.82 Å². The first-order valence-corrected chi connectivity index (χ1v) is 6.31. The Balaban J connectivity index is 2.49. The number of carbonyl (C=O) groups excluding carboxylic acids is 1. The van der Waals surface area contributed by atoms with Gasteiger partial charge in [0.05, 0.1) is 20.1 Å². The number of hydrogen-bond acceptors (Lipinski definition) is 4. The Hall–Kier alpha value is -1.62. The average molecular weight is 269 g/mol. The lowest BCUT2D eigenvalue weighted by molar-refractivity contribution is -0.143. The highest BCUT2D eigenvalue weighted by Crippen LogP contribution is 2.21. The molecule has 1 aromatic carbocycles. The maximum absolute atomic E-state index is 13.8. The minimum absolute atomic E-state index is 0.180. The molecule has 1 unspecified atom stereocenters. The van der Waals surface area contributed by atoms with Crippen molar-refractivity contribution in [3.63, 3.8) is 0 Å². The van der Waals surface area contributed by atoms with Crippen LogP contribution in [0.3, 0.4) is 0 Å². The standard InChI is InChI=1S/C14H20FNO3/c1-4-19-14(17)7-8-16-10(2)12-6-5-11(18-3)9-13(12)15/h5-6,9-10,16H,4,7-8H2,1-3H3. The summed E-state index contributed by atoms with van der Waals surface area (Å²) < 4.78 is 23.5. The third kappa shape index (κ3) is 4.87. The van der Waals surface area contributed by atoms with E-state index in [4.69, 9.17) is 9.47 Å². The zero-order valence-electron chi connectivity index (χ0n) is 11.5. The van der Waals surface area contributed by atoms with Crippen molar-refractivity contribution in [3.8, 4) is 5.75 Å². The number of rotatable bonds is 7. The van der Waals surface area contributed by atoms with Crippen LogP contribution in [-0.4, -0.2) is 26.2 Å². The van der Waals surface area contributed by atoms with Gasteiger partial charge in [-0.3, -0.25) is 4.79 Å². The van der Waals surface area contributed by atoms with E-state index in [-0.39, 0.29) is 24.2 Å². The van der Waals surface area contributed by atoms with Gasteiger partial charge in [-0.05, 0) is 19.9 Å². The molecule has 106 valence electrons. The van der Waals surface area contributed by atoms with Crippen LogP contribution in [0.1, 0.15) is 31.9 Å². The first-order chi connectivity index (χ1) is 9.08. The predicted octanol–water partition coefficient (Wildman–Crippen LogP) is 2.44. The van der Waals surface area contributed by atoms with E-state index in [1.54, 1.807) is 19.1 Å². The Morgan fingerprint density at radius 1 is 1.47 bits per heavy atom. The Bertz CT molecular complexity index is 423. The fourth-order valence-corrected chi connectivity index (χ4v) is 1.72. The number of methoxy groups -OCH3 is 1. The SMILES string of the molecule is CCOC(=O)CCNC(C)c1ccc(OC)cc1F. The summed E-state index contributed by atoms with van der Waals surface area (Å²) in [4.78, 5) is 11.2. The van der Waals surface area contributed by atoms with Crippen LogP contribution in [-0.2, 0) is 9.53 Å². The van der Waals surface area contributed by atoms with Crippen LogP contribution in [0.2, 0.25) is 0 Å². The van der Waals surface area contributed by atoms with Crippen molar-refractivity contribution < 1.29 is 18.7 Å². The normalized spacial score (nSPS) is 12.0. The van der Waals surface area contributed by atoms with Gasteiger partial charge in [0.1, 0.15) is 11.6 Å². The van der Waals surface area contributed by atoms with E-state index in [1.165, 1.54) is 13.2 Å². The number of ether oxygens (including phenoxy) is 2. The van der Waals surface area contributed by atoms with Crippen molar-refractivity contribution in [1.29, 1.82) is 0 Å². The topological polar surface area (TPSA) is 47.6 Å². The van der Waals surface area contributed by atoms with Crippen molar-refractivity contribution in [2.24, 2.45) is 0 Å². The van der Waals surface area contributed by atoms with Crippen LogP contribution >= 0.6 is 0 Å². The highest BCUT2D eigenvalue weighted by atomic mass is 19.1. The van der Waals surface area contributed by atoms with Gasteiger partial charge in [-0.25, -0.2) is 4.39 Å². The van der Waals surface area contributed by atoms with Gasteiger partial charge in [0.15, 0.2) is 0 Å². The van der Waals surface area contributed by atoms with Crippen molar-refractivity contribution in [1.82, 2.24) is 5.32 Å². The Labute approximate surface area is 112 Å². The van der Waals surface area contributed by atoms with E-state index >= 15 is 0 Å². The fourth-order valence-electron chi connectivity index (χ4n) is 1.72. The molecule has 1 atom stereocenters. The zero-order chi connectivity index (χ0) is 14.3.